The first-order valence-corrected chi connectivity index (χ1v) is 6.29. The number of aliphatic hydroxyl groups is 1. The third-order valence-corrected chi connectivity index (χ3v) is 2.97. The number of aliphatic hydroxyl groups excluding tert-OH is 1. The Balaban J connectivity index is 2.39. The normalized spacial score (nSPS) is 13.1. The van der Waals surface area contributed by atoms with E-state index < -0.39 is 6.10 Å². The maximum Gasteiger partial charge on any atom is 0.0900 e. The van der Waals surface area contributed by atoms with Gasteiger partial charge in [0.25, 0.3) is 0 Å². The maximum atomic E-state index is 9.57. The lowest BCUT2D eigenvalue weighted by Gasteiger charge is -2.20. The van der Waals surface area contributed by atoms with Crippen molar-refractivity contribution in [3.8, 4) is 0 Å². The minimum Gasteiger partial charge on any atom is -0.389 e. The van der Waals surface area contributed by atoms with Crippen LogP contribution in [0, 0.1) is 3.57 Å². The number of nitrogens with zero attached hydrogens (tertiary/aromatic N) is 1. The maximum absolute atomic E-state index is 9.57. The van der Waals surface area contributed by atoms with Gasteiger partial charge in [0.2, 0.25) is 0 Å². The highest BCUT2D eigenvalue weighted by atomic mass is 127. The molecule has 0 spiro atoms. The number of likely N-dealkylation sites (N-methyl/N-ethyl adjacent to an activating group) is 1. The second-order valence-corrected chi connectivity index (χ2v) is 5.18. The second-order valence-electron chi connectivity index (χ2n) is 3.93. The van der Waals surface area contributed by atoms with Crippen LogP contribution in [0.5, 0.6) is 0 Å². The standard InChI is InChI=1S/C12H18INO2/c1-14(8-12(15)9-16-2)7-10-3-5-11(13)6-4-10/h3-6,12,15H,7-9H2,1-2H3. The van der Waals surface area contributed by atoms with Gasteiger partial charge in [-0.2, -0.15) is 0 Å². The Bertz CT molecular complexity index is 302. The molecule has 1 N–H and O–H groups in total. The molecule has 0 heterocycles. The number of halogens is 1. The first-order chi connectivity index (χ1) is 7.61. The highest BCUT2D eigenvalue weighted by Gasteiger charge is 2.07. The lowest BCUT2D eigenvalue weighted by Crippen LogP contribution is -2.31. The summed E-state index contributed by atoms with van der Waals surface area (Å²) in [4.78, 5) is 2.09. The Morgan fingerprint density at radius 2 is 2.00 bits per heavy atom. The van der Waals surface area contributed by atoms with Crippen LogP contribution in [-0.2, 0) is 11.3 Å². The summed E-state index contributed by atoms with van der Waals surface area (Å²) in [5.74, 6) is 0. The highest BCUT2D eigenvalue weighted by Crippen LogP contribution is 2.08. The topological polar surface area (TPSA) is 32.7 Å². The Morgan fingerprint density at radius 1 is 1.38 bits per heavy atom. The molecule has 1 rings (SSSR count). The molecule has 0 bridgehead atoms. The van der Waals surface area contributed by atoms with Crippen molar-refractivity contribution in [3.05, 3.63) is 33.4 Å². The molecule has 0 aliphatic heterocycles. The molecule has 0 amide bonds. The van der Waals surface area contributed by atoms with Gasteiger partial charge in [0.15, 0.2) is 0 Å². The van der Waals surface area contributed by atoms with Crippen LogP contribution in [0.2, 0.25) is 0 Å². The minimum absolute atomic E-state index is 0.386. The van der Waals surface area contributed by atoms with Crippen molar-refractivity contribution in [2.24, 2.45) is 0 Å². The van der Waals surface area contributed by atoms with E-state index >= 15 is 0 Å². The van der Waals surface area contributed by atoms with Crippen LogP contribution in [0.25, 0.3) is 0 Å². The predicted molar refractivity (Wildman–Crippen MR) is 73.4 cm³/mol. The number of ether oxygens (including phenoxy) is 1. The van der Waals surface area contributed by atoms with Crippen molar-refractivity contribution in [2.45, 2.75) is 12.6 Å². The summed E-state index contributed by atoms with van der Waals surface area (Å²) in [5.41, 5.74) is 1.26. The molecule has 1 unspecified atom stereocenters. The summed E-state index contributed by atoms with van der Waals surface area (Å²) in [6.07, 6.45) is -0.418. The number of rotatable bonds is 6. The second kappa shape index (κ2) is 7.21. The molecule has 0 fully saturated rings. The Kier molecular flexibility index (Phi) is 6.26. The van der Waals surface area contributed by atoms with Crippen molar-refractivity contribution < 1.29 is 9.84 Å². The van der Waals surface area contributed by atoms with Crippen molar-refractivity contribution in [1.82, 2.24) is 4.90 Å². The van der Waals surface area contributed by atoms with Gasteiger partial charge in [-0.15, -0.1) is 0 Å². The van der Waals surface area contributed by atoms with E-state index in [1.54, 1.807) is 7.11 Å². The molecular weight excluding hydrogens is 317 g/mol. The number of hydrogen-bond acceptors (Lipinski definition) is 3. The molecule has 4 heteroatoms. The SMILES string of the molecule is COCC(O)CN(C)Cc1ccc(I)cc1. The molecule has 0 aliphatic rings. The Hall–Kier alpha value is -0.170. The van der Waals surface area contributed by atoms with Gasteiger partial charge in [0, 0.05) is 23.8 Å². The van der Waals surface area contributed by atoms with Crippen molar-refractivity contribution in [3.63, 3.8) is 0 Å². The lowest BCUT2D eigenvalue weighted by molar-refractivity contribution is 0.0419. The fourth-order valence-corrected chi connectivity index (χ4v) is 1.93. The number of hydrogen-bond donors (Lipinski definition) is 1. The number of benzene rings is 1. The van der Waals surface area contributed by atoms with E-state index in [0.717, 1.165) is 6.54 Å². The molecular formula is C12H18INO2. The first-order valence-electron chi connectivity index (χ1n) is 5.22. The van der Waals surface area contributed by atoms with E-state index in [1.165, 1.54) is 9.13 Å². The van der Waals surface area contributed by atoms with Gasteiger partial charge in [0.05, 0.1) is 12.7 Å². The van der Waals surface area contributed by atoms with E-state index in [9.17, 15) is 5.11 Å². The molecule has 0 radical (unpaired) electrons. The van der Waals surface area contributed by atoms with Crippen LogP contribution in [0.4, 0.5) is 0 Å². The zero-order valence-corrected chi connectivity index (χ0v) is 11.8. The summed E-state index contributed by atoms with van der Waals surface area (Å²) in [6, 6.07) is 8.41. The van der Waals surface area contributed by atoms with E-state index in [4.69, 9.17) is 4.74 Å². The third-order valence-electron chi connectivity index (χ3n) is 2.25. The van der Waals surface area contributed by atoms with E-state index in [0.29, 0.717) is 13.2 Å². The molecule has 0 saturated carbocycles. The average molecular weight is 335 g/mol. The van der Waals surface area contributed by atoms with Gasteiger partial charge >= 0.3 is 0 Å². The first kappa shape index (κ1) is 13.9. The summed E-state index contributed by atoms with van der Waals surface area (Å²) in [5, 5.41) is 9.57. The predicted octanol–water partition coefficient (Wildman–Crippen LogP) is 1.73. The fourth-order valence-electron chi connectivity index (χ4n) is 1.57. The van der Waals surface area contributed by atoms with Crippen LogP contribution >= 0.6 is 22.6 Å². The van der Waals surface area contributed by atoms with Crippen molar-refractivity contribution in [1.29, 1.82) is 0 Å². The van der Waals surface area contributed by atoms with Gasteiger partial charge in [-0.25, -0.2) is 0 Å². The molecule has 0 aromatic heterocycles. The van der Waals surface area contributed by atoms with E-state index in [1.807, 2.05) is 7.05 Å². The summed E-state index contributed by atoms with van der Waals surface area (Å²) < 4.78 is 6.13. The molecule has 90 valence electrons. The van der Waals surface area contributed by atoms with Crippen LogP contribution in [0.15, 0.2) is 24.3 Å². The quantitative estimate of drug-likeness (QED) is 0.804. The number of methoxy groups -OCH3 is 1. The molecule has 0 saturated heterocycles. The lowest BCUT2D eigenvalue weighted by atomic mass is 10.2. The monoisotopic (exact) mass is 335 g/mol. The molecule has 0 aliphatic carbocycles. The van der Waals surface area contributed by atoms with Gasteiger partial charge in [-0.3, -0.25) is 4.90 Å². The van der Waals surface area contributed by atoms with Gasteiger partial charge < -0.3 is 9.84 Å². The smallest absolute Gasteiger partial charge is 0.0900 e. The zero-order valence-electron chi connectivity index (χ0n) is 9.69. The molecule has 1 aromatic carbocycles. The zero-order chi connectivity index (χ0) is 12.0. The van der Waals surface area contributed by atoms with Crippen molar-refractivity contribution in [2.75, 3.05) is 27.3 Å². The highest BCUT2D eigenvalue weighted by molar-refractivity contribution is 14.1. The molecule has 1 atom stereocenters. The molecule has 16 heavy (non-hydrogen) atoms. The van der Waals surface area contributed by atoms with Crippen molar-refractivity contribution >= 4 is 22.6 Å². The summed E-state index contributed by atoms with van der Waals surface area (Å²) in [6.45, 7) is 1.86. The molecule has 1 aromatic rings. The Morgan fingerprint density at radius 3 is 2.56 bits per heavy atom. The summed E-state index contributed by atoms with van der Waals surface area (Å²) in [7, 11) is 3.60. The van der Waals surface area contributed by atoms with E-state index in [2.05, 4.69) is 51.8 Å². The fraction of sp³-hybridized carbons (Fsp3) is 0.500. The average Bonchev–Trinajstić information content (AvgIpc) is 2.21. The molecule has 3 nitrogen and oxygen atoms in total. The Labute approximate surface area is 111 Å². The van der Waals surface area contributed by atoms with Crippen LogP contribution in [-0.4, -0.2) is 43.4 Å². The van der Waals surface area contributed by atoms with Gasteiger partial charge in [0.1, 0.15) is 0 Å². The van der Waals surface area contributed by atoms with Crippen LogP contribution < -0.4 is 0 Å². The van der Waals surface area contributed by atoms with Gasteiger partial charge in [-0.1, -0.05) is 12.1 Å². The minimum atomic E-state index is -0.418. The van der Waals surface area contributed by atoms with Crippen LogP contribution in [0.1, 0.15) is 5.56 Å². The van der Waals surface area contributed by atoms with Gasteiger partial charge in [-0.05, 0) is 47.3 Å². The largest absolute Gasteiger partial charge is 0.389 e. The summed E-state index contributed by atoms with van der Waals surface area (Å²) >= 11 is 2.29. The van der Waals surface area contributed by atoms with Crippen LogP contribution in [0.3, 0.4) is 0 Å². The van der Waals surface area contributed by atoms with E-state index in [-0.39, 0.29) is 0 Å². The third kappa shape index (κ3) is 5.25.